The molecule has 1 aromatic rings. The lowest BCUT2D eigenvalue weighted by Gasteiger charge is -2.23. The van der Waals surface area contributed by atoms with Gasteiger partial charge in [0, 0.05) is 12.2 Å². The smallest absolute Gasteiger partial charge is 0.413 e. The molecule has 0 heterocycles. The Morgan fingerprint density at radius 2 is 2.17 bits per heavy atom. The summed E-state index contributed by atoms with van der Waals surface area (Å²) in [6, 6.07) is 7.94. The van der Waals surface area contributed by atoms with Gasteiger partial charge in [-0.2, -0.15) is 0 Å². The number of ether oxygens (including phenoxy) is 1. The highest BCUT2D eigenvalue weighted by molar-refractivity contribution is 7.80. The molecule has 1 aromatic carbocycles. The van der Waals surface area contributed by atoms with Crippen LogP contribution in [-0.2, 0) is 4.74 Å². The highest BCUT2D eigenvalue weighted by Crippen LogP contribution is 2.15. The molecule has 0 unspecified atom stereocenters. The Labute approximate surface area is 113 Å². The Hall–Kier alpha value is -1.62. The number of anilines is 1. The summed E-state index contributed by atoms with van der Waals surface area (Å²) in [5.74, 6) is 0. The monoisotopic (exact) mass is 266 g/mol. The summed E-state index contributed by atoms with van der Waals surface area (Å²) >= 11 is 5.20. The van der Waals surface area contributed by atoms with Gasteiger partial charge in [0.2, 0.25) is 0 Å². The van der Waals surface area contributed by atoms with E-state index in [9.17, 15) is 4.79 Å². The third kappa shape index (κ3) is 4.00. The second kappa shape index (κ2) is 6.96. The molecule has 98 valence electrons. The normalized spacial score (nSPS) is 9.72. The van der Waals surface area contributed by atoms with E-state index in [2.05, 4.69) is 5.32 Å². The summed E-state index contributed by atoms with van der Waals surface area (Å²) in [7, 11) is 0. The number of rotatable bonds is 3. The number of hydrogen-bond donors (Lipinski definition) is 1. The maximum Gasteiger partial charge on any atom is 0.413 e. The van der Waals surface area contributed by atoms with Crippen LogP contribution in [0.2, 0.25) is 0 Å². The van der Waals surface area contributed by atoms with E-state index in [1.807, 2.05) is 43.0 Å². The first-order valence-electron chi connectivity index (χ1n) is 5.90. The van der Waals surface area contributed by atoms with Crippen LogP contribution >= 0.6 is 12.2 Å². The number of benzene rings is 1. The number of amides is 1. The van der Waals surface area contributed by atoms with Gasteiger partial charge in [0.1, 0.15) is 0 Å². The second-order valence-corrected chi connectivity index (χ2v) is 4.12. The molecule has 0 saturated carbocycles. The number of nitrogens with one attached hydrogen (secondary N) is 1. The number of hydrogen-bond acceptors (Lipinski definition) is 3. The van der Waals surface area contributed by atoms with Gasteiger partial charge in [0.25, 0.3) is 0 Å². The molecule has 0 saturated heterocycles. The molecular formula is C13H18N2O2S. The topological polar surface area (TPSA) is 41.6 Å². The molecule has 4 nitrogen and oxygen atoms in total. The molecule has 0 spiro atoms. The molecule has 0 aliphatic carbocycles. The summed E-state index contributed by atoms with van der Waals surface area (Å²) in [6.45, 7) is 6.74. The average Bonchev–Trinajstić information content (AvgIpc) is 2.30. The molecule has 18 heavy (non-hydrogen) atoms. The fourth-order valence-electron chi connectivity index (χ4n) is 1.56. The van der Waals surface area contributed by atoms with Gasteiger partial charge in [-0.15, -0.1) is 0 Å². The number of nitrogens with zero attached hydrogens (tertiary/aromatic N) is 1. The van der Waals surface area contributed by atoms with Gasteiger partial charge in [-0.05, 0) is 50.7 Å². The van der Waals surface area contributed by atoms with Crippen LogP contribution in [0.25, 0.3) is 0 Å². The number of carbonyl (C=O) groups excluding carboxylic acids is 1. The minimum atomic E-state index is -0.520. The number of aryl methyl sites for hydroxylation is 1. The SMILES string of the molecule is CCOC(=O)NC(=S)N(CC)c1cccc(C)c1. The molecule has 5 heteroatoms. The molecule has 0 fully saturated rings. The van der Waals surface area contributed by atoms with Crippen molar-refractivity contribution in [3.05, 3.63) is 29.8 Å². The van der Waals surface area contributed by atoms with E-state index in [-0.39, 0.29) is 0 Å². The van der Waals surface area contributed by atoms with Gasteiger partial charge in [0.05, 0.1) is 6.61 Å². The summed E-state index contributed by atoms with van der Waals surface area (Å²) in [5.41, 5.74) is 2.10. The lowest BCUT2D eigenvalue weighted by atomic mass is 10.2. The Morgan fingerprint density at radius 1 is 1.44 bits per heavy atom. The summed E-state index contributed by atoms with van der Waals surface area (Å²) in [5, 5.41) is 2.89. The standard InChI is InChI=1S/C13H18N2O2S/c1-4-15(11-8-6-7-10(3)9-11)12(18)14-13(16)17-5-2/h6-9H,4-5H2,1-3H3,(H,14,16,18). The molecule has 1 amide bonds. The molecule has 1 N–H and O–H groups in total. The Bertz CT molecular complexity index is 435. The lowest BCUT2D eigenvalue weighted by molar-refractivity contribution is 0.158. The minimum absolute atomic E-state index is 0.324. The quantitative estimate of drug-likeness (QED) is 0.854. The maximum atomic E-state index is 11.3. The van der Waals surface area contributed by atoms with Gasteiger partial charge in [-0.1, -0.05) is 12.1 Å². The van der Waals surface area contributed by atoms with Gasteiger partial charge < -0.3 is 9.64 Å². The van der Waals surface area contributed by atoms with Crippen molar-refractivity contribution in [2.24, 2.45) is 0 Å². The predicted octanol–water partition coefficient (Wildman–Crippen LogP) is 2.85. The van der Waals surface area contributed by atoms with Gasteiger partial charge in [0.15, 0.2) is 5.11 Å². The van der Waals surface area contributed by atoms with Gasteiger partial charge in [-0.25, -0.2) is 4.79 Å². The van der Waals surface area contributed by atoms with Crippen molar-refractivity contribution in [3.8, 4) is 0 Å². The van der Waals surface area contributed by atoms with E-state index in [1.165, 1.54) is 0 Å². The van der Waals surface area contributed by atoms with Crippen molar-refractivity contribution in [2.45, 2.75) is 20.8 Å². The van der Waals surface area contributed by atoms with E-state index in [4.69, 9.17) is 17.0 Å². The van der Waals surface area contributed by atoms with Crippen molar-refractivity contribution >= 4 is 29.1 Å². The van der Waals surface area contributed by atoms with Crippen molar-refractivity contribution in [1.82, 2.24) is 5.32 Å². The number of carbonyl (C=O) groups is 1. The molecular weight excluding hydrogens is 248 g/mol. The van der Waals surface area contributed by atoms with Crippen LogP contribution in [-0.4, -0.2) is 24.4 Å². The zero-order valence-electron chi connectivity index (χ0n) is 10.9. The fraction of sp³-hybridized carbons (Fsp3) is 0.385. The summed E-state index contributed by atoms with van der Waals surface area (Å²) < 4.78 is 4.80. The number of alkyl carbamates (subject to hydrolysis) is 1. The lowest BCUT2D eigenvalue weighted by Crippen LogP contribution is -2.43. The molecule has 0 bridgehead atoms. The largest absolute Gasteiger partial charge is 0.450 e. The average molecular weight is 266 g/mol. The molecule has 1 rings (SSSR count). The van der Waals surface area contributed by atoms with E-state index in [1.54, 1.807) is 6.92 Å². The van der Waals surface area contributed by atoms with E-state index in [0.29, 0.717) is 18.3 Å². The third-order valence-corrected chi connectivity index (χ3v) is 2.68. The van der Waals surface area contributed by atoms with Crippen molar-refractivity contribution < 1.29 is 9.53 Å². The first kappa shape index (κ1) is 14.4. The maximum absolute atomic E-state index is 11.3. The highest BCUT2D eigenvalue weighted by atomic mass is 32.1. The third-order valence-electron chi connectivity index (χ3n) is 2.36. The van der Waals surface area contributed by atoms with Crippen LogP contribution in [0, 0.1) is 6.92 Å². The summed E-state index contributed by atoms with van der Waals surface area (Å²) in [4.78, 5) is 13.2. The molecule has 0 aromatic heterocycles. The van der Waals surface area contributed by atoms with Crippen LogP contribution in [0.3, 0.4) is 0 Å². The fourth-order valence-corrected chi connectivity index (χ4v) is 1.88. The predicted molar refractivity (Wildman–Crippen MR) is 77.0 cm³/mol. The Balaban J connectivity index is 2.77. The van der Waals surface area contributed by atoms with E-state index in [0.717, 1.165) is 11.3 Å². The van der Waals surface area contributed by atoms with E-state index < -0.39 is 6.09 Å². The Kier molecular flexibility index (Phi) is 5.58. The second-order valence-electron chi connectivity index (χ2n) is 3.73. The number of thiocarbonyl (C=S) groups is 1. The zero-order valence-corrected chi connectivity index (χ0v) is 11.7. The van der Waals surface area contributed by atoms with Crippen LogP contribution in [0.4, 0.5) is 10.5 Å². The van der Waals surface area contributed by atoms with Crippen molar-refractivity contribution in [1.29, 1.82) is 0 Å². The van der Waals surface area contributed by atoms with Gasteiger partial charge in [-0.3, -0.25) is 5.32 Å². The van der Waals surface area contributed by atoms with E-state index >= 15 is 0 Å². The van der Waals surface area contributed by atoms with Crippen LogP contribution < -0.4 is 10.2 Å². The zero-order chi connectivity index (χ0) is 13.5. The first-order valence-corrected chi connectivity index (χ1v) is 6.31. The van der Waals surface area contributed by atoms with Crippen LogP contribution in [0.1, 0.15) is 19.4 Å². The van der Waals surface area contributed by atoms with Crippen molar-refractivity contribution in [2.75, 3.05) is 18.1 Å². The van der Waals surface area contributed by atoms with Crippen molar-refractivity contribution in [3.63, 3.8) is 0 Å². The van der Waals surface area contributed by atoms with Crippen LogP contribution in [0.5, 0.6) is 0 Å². The molecule has 0 aliphatic heterocycles. The molecule has 0 aliphatic rings. The Morgan fingerprint density at radius 3 is 2.72 bits per heavy atom. The summed E-state index contributed by atoms with van der Waals surface area (Å²) in [6.07, 6.45) is -0.520. The first-order chi connectivity index (χ1) is 8.58. The highest BCUT2D eigenvalue weighted by Gasteiger charge is 2.13. The molecule has 0 radical (unpaired) electrons. The van der Waals surface area contributed by atoms with Crippen LogP contribution in [0.15, 0.2) is 24.3 Å². The minimum Gasteiger partial charge on any atom is -0.450 e. The molecule has 0 atom stereocenters. The van der Waals surface area contributed by atoms with Gasteiger partial charge >= 0.3 is 6.09 Å².